The zero-order valence-electron chi connectivity index (χ0n) is 10.8. The maximum Gasteiger partial charge on any atom is 0.348 e. The number of hydrogen-bond acceptors (Lipinski definition) is 3. The van der Waals surface area contributed by atoms with Crippen LogP contribution in [0.2, 0.25) is 0 Å². The minimum Gasteiger partial charge on any atom is -0.477 e. The third-order valence-corrected chi connectivity index (χ3v) is 3.79. The molecule has 6 heteroatoms. The number of carbonyl (C=O) groups excluding carboxylic acids is 1. The Morgan fingerprint density at radius 1 is 1.25 bits per heavy atom. The fraction of sp³-hybridized carbons (Fsp3) is 0.143. The molecule has 0 bridgehead atoms. The van der Waals surface area contributed by atoms with E-state index >= 15 is 0 Å². The lowest BCUT2D eigenvalue weighted by atomic mass is 10.2. The normalized spacial score (nSPS) is 10.1. The van der Waals surface area contributed by atoms with Crippen molar-refractivity contribution < 1.29 is 14.7 Å². The lowest BCUT2D eigenvalue weighted by Gasteiger charge is -2.08. The molecule has 0 aliphatic rings. The minimum absolute atomic E-state index is 0.136. The van der Waals surface area contributed by atoms with Crippen LogP contribution in [-0.4, -0.2) is 17.1 Å². The van der Waals surface area contributed by atoms with Crippen molar-refractivity contribution in [3.63, 3.8) is 0 Å². The number of rotatable bonds is 4. The lowest BCUT2D eigenvalue weighted by molar-refractivity contribution is 0.0703. The Balaban J connectivity index is 1.98. The summed E-state index contributed by atoms with van der Waals surface area (Å²) in [5, 5.41) is 16.0. The smallest absolute Gasteiger partial charge is 0.348 e. The van der Waals surface area contributed by atoms with Gasteiger partial charge in [0.05, 0.1) is 5.69 Å². The summed E-state index contributed by atoms with van der Waals surface area (Å²) in [4.78, 5) is 23.0. The Morgan fingerprint density at radius 3 is 2.60 bits per heavy atom. The third kappa shape index (κ3) is 3.36. The zero-order valence-corrected chi connectivity index (χ0v) is 11.7. The Labute approximate surface area is 120 Å². The van der Waals surface area contributed by atoms with E-state index in [4.69, 9.17) is 5.11 Å². The first kappa shape index (κ1) is 14.1. The fourth-order valence-electron chi connectivity index (χ4n) is 1.69. The molecule has 0 spiro atoms. The van der Waals surface area contributed by atoms with Gasteiger partial charge >= 0.3 is 12.0 Å². The van der Waals surface area contributed by atoms with E-state index in [1.54, 1.807) is 12.3 Å². The number of aryl methyl sites for hydroxylation is 1. The number of amides is 2. The number of nitrogens with one attached hydrogen (secondary N) is 2. The molecule has 2 rings (SSSR count). The first-order valence-electron chi connectivity index (χ1n) is 5.98. The van der Waals surface area contributed by atoms with Gasteiger partial charge in [-0.05, 0) is 23.4 Å². The first-order chi connectivity index (χ1) is 9.58. The summed E-state index contributed by atoms with van der Waals surface area (Å²) in [6.45, 7) is 2.15. The first-order valence-corrected chi connectivity index (χ1v) is 6.86. The number of aromatic carboxylic acids is 1. The molecular weight excluding hydrogens is 276 g/mol. The highest BCUT2D eigenvalue weighted by molar-refractivity contribution is 7.12. The SMILES string of the molecule is Cc1csc(C(=O)O)c1NC(=O)NCc1ccccc1. The number of thiophene rings is 1. The van der Waals surface area contributed by atoms with Gasteiger partial charge in [0.25, 0.3) is 0 Å². The highest BCUT2D eigenvalue weighted by Crippen LogP contribution is 2.27. The van der Waals surface area contributed by atoms with Crippen LogP contribution in [0.1, 0.15) is 20.8 Å². The maximum absolute atomic E-state index is 11.8. The molecule has 2 amide bonds. The van der Waals surface area contributed by atoms with Gasteiger partial charge in [-0.15, -0.1) is 11.3 Å². The fourth-order valence-corrected chi connectivity index (χ4v) is 2.54. The number of carboxylic acid groups (broad SMARTS) is 1. The standard InChI is InChI=1S/C14H14N2O3S/c1-9-8-20-12(13(17)18)11(9)16-14(19)15-7-10-5-3-2-4-6-10/h2-6,8H,7H2,1H3,(H,17,18)(H2,15,16,19). The van der Waals surface area contributed by atoms with Gasteiger partial charge in [0, 0.05) is 6.54 Å². The number of hydrogen-bond donors (Lipinski definition) is 3. The molecule has 0 atom stereocenters. The Morgan fingerprint density at radius 2 is 1.95 bits per heavy atom. The summed E-state index contributed by atoms with van der Waals surface area (Å²) in [6, 6.07) is 9.06. The zero-order chi connectivity index (χ0) is 14.5. The van der Waals surface area contributed by atoms with Crippen molar-refractivity contribution in [1.29, 1.82) is 0 Å². The second-order valence-electron chi connectivity index (χ2n) is 4.22. The predicted octanol–water partition coefficient (Wildman–Crippen LogP) is 3.08. The van der Waals surface area contributed by atoms with Crippen molar-refractivity contribution in [2.75, 3.05) is 5.32 Å². The van der Waals surface area contributed by atoms with Crippen molar-refractivity contribution in [3.8, 4) is 0 Å². The van der Waals surface area contributed by atoms with Crippen molar-refractivity contribution in [2.45, 2.75) is 13.5 Å². The number of carboxylic acids is 1. The van der Waals surface area contributed by atoms with Crippen LogP contribution in [0.15, 0.2) is 35.7 Å². The molecule has 1 heterocycles. The molecule has 0 fully saturated rings. The number of anilines is 1. The molecule has 2 aromatic rings. The van der Waals surface area contributed by atoms with E-state index in [2.05, 4.69) is 10.6 Å². The molecule has 1 aromatic carbocycles. The van der Waals surface area contributed by atoms with Gasteiger partial charge < -0.3 is 15.7 Å². The summed E-state index contributed by atoms with van der Waals surface area (Å²) < 4.78 is 0. The van der Waals surface area contributed by atoms with Crippen LogP contribution < -0.4 is 10.6 Å². The molecule has 0 aliphatic carbocycles. The van der Waals surface area contributed by atoms with Gasteiger partial charge in [-0.25, -0.2) is 9.59 Å². The van der Waals surface area contributed by atoms with Crippen LogP contribution in [0.3, 0.4) is 0 Å². The lowest BCUT2D eigenvalue weighted by Crippen LogP contribution is -2.28. The van der Waals surface area contributed by atoms with Gasteiger partial charge in [-0.3, -0.25) is 0 Å². The second kappa shape index (κ2) is 6.21. The number of benzene rings is 1. The third-order valence-electron chi connectivity index (χ3n) is 2.70. The molecule has 1 aromatic heterocycles. The Bertz CT molecular complexity index is 623. The van der Waals surface area contributed by atoms with E-state index in [1.807, 2.05) is 30.3 Å². The maximum atomic E-state index is 11.8. The largest absolute Gasteiger partial charge is 0.477 e. The van der Waals surface area contributed by atoms with Gasteiger partial charge in [0.15, 0.2) is 0 Å². The van der Waals surface area contributed by atoms with E-state index in [0.717, 1.165) is 22.5 Å². The predicted molar refractivity (Wildman–Crippen MR) is 78.3 cm³/mol. The van der Waals surface area contributed by atoms with E-state index in [1.165, 1.54) is 0 Å². The molecule has 0 aliphatic heterocycles. The molecule has 5 nitrogen and oxygen atoms in total. The van der Waals surface area contributed by atoms with Crippen molar-refractivity contribution in [1.82, 2.24) is 5.32 Å². The van der Waals surface area contributed by atoms with Crippen molar-refractivity contribution in [2.24, 2.45) is 0 Å². The minimum atomic E-state index is -1.04. The molecule has 20 heavy (non-hydrogen) atoms. The van der Waals surface area contributed by atoms with Crippen molar-refractivity contribution >= 4 is 29.0 Å². The summed E-state index contributed by atoms with van der Waals surface area (Å²) in [5.41, 5.74) is 2.07. The van der Waals surface area contributed by atoms with Crippen LogP contribution >= 0.6 is 11.3 Å². The van der Waals surface area contributed by atoms with Crippen LogP contribution in [-0.2, 0) is 6.54 Å². The summed E-state index contributed by atoms with van der Waals surface area (Å²) >= 11 is 1.10. The molecule has 0 radical (unpaired) electrons. The number of carbonyl (C=O) groups is 2. The van der Waals surface area contributed by atoms with Crippen molar-refractivity contribution in [3.05, 3.63) is 51.7 Å². The Kier molecular flexibility index (Phi) is 4.37. The van der Waals surface area contributed by atoms with Gasteiger partial charge in [-0.1, -0.05) is 30.3 Å². The van der Waals surface area contributed by atoms with Gasteiger partial charge in [0.1, 0.15) is 4.88 Å². The highest BCUT2D eigenvalue weighted by Gasteiger charge is 2.16. The van der Waals surface area contributed by atoms with Gasteiger partial charge in [0.2, 0.25) is 0 Å². The summed E-state index contributed by atoms with van der Waals surface area (Å²) in [7, 11) is 0. The molecule has 0 unspecified atom stereocenters. The van der Waals surface area contributed by atoms with E-state index in [-0.39, 0.29) is 4.88 Å². The molecule has 104 valence electrons. The second-order valence-corrected chi connectivity index (χ2v) is 5.10. The average Bonchev–Trinajstić information content (AvgIpc) is 2.79. The Hall–Kier alpha value is -2.34. The monoisotopic (exact) mass is 290 g/mol. The topological polar surface area (TPSA) is 78.4 Å². The van der Waals surface area contributed by atoms with Gasteiger partial charge in [-0.2, -0.15) is 0 Å². The molecular formula is C14H14N2O3S. The van der Waals surface area contributed by atoms with E-state index in [0.29, 0.717) is 12.2 Å². The molecule has 0 saturated heterocycles. The van der Waals surface area contributed by atoms with Crippen LogP contribution in [0.4, 0.5) is 10.5 Å². The van der Waals surface area contributed by atoms with E-state index in [9.17, 15) is 9.59 Å². The van der Waals surface area contributed by atoms with Crippen LogP contribution in [0, 0.1) is 6.92 Å². The molecule has 0 saturated carbocycles. The highest BCUT2D eigenvalue weighted by atomic mass is 32.1. The summed E-state index contributed by atoms with van der Waals surface area (Å²) in [5.74, 6) is -1.04. The molecule has 3 N–H and O–H groups in total. The quantitative estimate of drug-likeness (QED) is 0.809. The van der Waals surface area contributed by atoms with Crippen LogP contribution in [0.5, 0.6) is 0 Å². The number of urea groups is 1. The average molecular weight is 290 g/mol. The van der Waals surface area contributed by atoms with Crippen LogP contribution in [0.25, 0.3) is 0 Å². The summed E-state index contributed by atoms with van der Waals surface area (Å²) in [6.07, 6.45) is 0. The van der Waals surface area contributed by atoms with E-state index < -0.39 is 12.0 Å².